The molecule has 0 saturated carbocycles. The summed E-state index contributed by atoms with van der Waals surface area (Å²) in [6.45, 7) is 5.31. The standard InChI is InChI=1S/C20H27N5O3S/c1-3-5-9-23-14-22-18-17(23)19(27)25(20(28)24(18)10-6-4-2)13-16(26)21-12-15-8-7-11-29-15/h7-8,11,14H,3-6,9-10,12-13H2,1-2H3,(H,21,26). The topological polar surface area (TPSA) is 90.9 Å². The maximum atomic E-state index is 13.1. The van der Waals surface area contributed by atoms with Gasteiger partial charge in [-0.15, -0.1) is 11.3 Å². The van der Waals surface area contributed by atoms with Crippen LogP contribution in [0.2, 0.25) is 0 Å². The molecule has 0 radical (unpaired) electrons. The molecule has 0 atom stereocenters. The fourth-order valence-corrected chi connectivity index (χ4v) is 3.84. The van der Waals surface area contributed by atoms with Crippen LogP contribution < -0.4 is 16.6 Å². The number of hydrogen-bond acceptors (Lipinski definition) is 5. The van der Waals surface area contributed by atoms with Gasteiger partial charge in [0.25, 0.3) is 5.56 Å². The van der Waals surface area contributed by atoms with E-state index in [1.54, 1.807) is 22.2 Å². The summed E-state index contributed by atoms with van der Waals surface area (Å²) in [4.78, 5) is 43.9. The van der Waals surface area contributed by atoms with Crippen molar-refractivity contribution in [1.29, 1.82) is 0 Å². The first kappa shape index (κ1) is 21.0. The van der Waals surface area contributed by atoms with Crippen molar-refractivity contribution in [2.45, 2.75) is 65.7 Å². The quantitative estimate of drug-likeness (QED) is 0.548. The Morgan fingerprint density at radius 3 is 2.59 bits per heavy atom. The molecule has 0 saturated heterocycles. The summed E-state index contributed by atoms with van der Waals surface area (Å²) in [7, 11) is 0. The Bertz CT molecular complexity index is 1080. The van der Waals surface area contributed by atoms with Crippen molar-refractivity contribution >= 4 is 28.4 Å². The minimum atomic E-state index is -0.483. The van der Waals surface area contributed by atoms with Crippen molar-refractivity contribution in [3.05, 3.63) is 49.6 Å². The highest BCUT2D eigenvalue weighted by molar-refractivity contribution is 7.09. The average molecular weight is 418 g/mol. The second-order valence-corrected chi connectivity index (χ2v) is 8.03. The Morgan fingerprint density at radius 1 is 1.14 bits per heavy atom. The summed E-state index contributed by atoms with van der Waals surface area (Å²) in [5.74, 6) is -0.362. The van der Waals surface area contributed by atoms with E-state index in [2.05, 4.69) is 17.2 Å². The minimum absolute atomic E-state index is 0.302. The van der Waals surface area contributed by atoms with Crippen LogP contribution in [0.1, 0.15) is 44.4 Å². The van der Waals surface area contributed by atoms with Crippen LogP contribution >= 0.6 is 11.3 Å². The molecule has 156 valence electrons. The van der Waals surface area contributed by atoms with Crippen LogP contribution in [-0.4, -0.2) is 24.6 Å². The largest absolute Gasteiger partial charge is 0.350 e. The van der Waals surface area contributed by atoms with E-state index in [9.17, 15) is 14.4 Å². The van der Waals surface area contributed by atoms with Gasteiger partial charge in [0.1, 0.15) is 6.54 Å². The summed E-state index contributed by atoms with van der Waals surface area (Å²) < 4.78 is 4.35. The van der Waals surface area contributed by atoms with Gasteiger partial charge in [0.15, 0.2) is 11.2 Å². The molecule has 0 aliphatic heterocycles. The summed E-state index contributed by atoms with van der Waals surface area (Å²) in [5.41, 5.74) is -0.152. The smallest absolute Gasteiger partial charge is 0.333 e. The van der Waals surface area contributed by atoms with Gasteiger partial charge in [0.05, 0.1) is 12.9 Å². The Labute approximate surface area is 172 Å². The molecule has 0 fully saturated rings. The molecule has 29 heavy (non-hydrogen) atoms. The zero-order valence-corrected chi connectivity index (χ0v) is 17.7. The van der Waals surface area contributed by atoms with Crippen LogP contribution in [0.3, 0.4) is 0 Å². The van der Waals surface area contributed by atoms with Gasteiger partial charge >= 0.3 is 5.69 Å². The van der Waals surface area contributed by atoms with Gasteiger partial charge in [0, 0.05) is 18.0 Å². The lowest BCUT2D eigenvalue weighted by Gasteiger charge is -2.12. The van der Waals surface area contributed by atoms with Gasteiger partial charge in [-0.2, -0.15) is 0 Å². The second kappa shape index (κ2) is 9.69. The SMILES string of the molecule is CCCCn1cnc2c1c(=O)n(CC(=O)NCc1cccs1)c(=O)n2CCCC. The molecule has 9 heteroatoms. The first-order chi connectivity index (χ1) is 14.1. The first-order valence-electron chi connectivity index (χ1n) is 10.0. The Kier molecular flexibility index (Phi) is 7.03. The molecule has 0 bridgehead atoms. The third-order valence-electron chi connectivity index (χ3n) is 4.81. The van der Waals surface area contributed by atoms with Crippen molar-refractivity contribution in [3.63, 3.8) is 0 Å². The predicted molar refractivity (Wildman–Crippen MR) is 114 cm³/mol. The lowest BCUT2D eigenvalue weighted by atomic mass is 10.3. The number of amides is 1. The van der Waals surface area contributed by atoms with E-state index >= 15 is 0 Å². The lowest BCUT2D eigenvalue weighted by Crippen LogP contribution is -2.44. The van der Waals surface area contributed by atoms with Gasteiger partial charge in [0.2, 0.25) is 5.91 Å². The minimum Gasteiger partial charge on any atom is -0.350 e. The summed E-state index contributed by atoms with van der Waals surface area (Å²) in [6.07, 6.45) is 5.20. The Hall–Kier alpha value is -2.68. The maximum absolute atomic E-state index is 13.1. The number of carbonyl (C=O) groups excluding carboxylic acids is 1. The van der Waals surface area contributed by atoms with Gasteiger partial charge in [-0.1, -0.05) is 32.8 Å². The summed E-state index contributed by atoms with van der Waals surface area (Å²) >= 11 is 1.54. The molecule has 3 rings (SSSR count). The zero-order valence-electron chi connectivity index (χ0n) is 16.9. The Balaban J connectivity index is 1.96. The van der Waals surface area contributed by atoms with Crippen LogP contribution in [0.25, 0.3) is 11.2 Å². The van der Waals surface area contributed by atoms with Crippen LogP contribution in [0.5, 0.6) is 0 Å². The van der Waals surface area contributed by atoms with E-state index < -0.39 is 11.2 Å². The van der Waals surface area contributed by atoms with Gasteiger partial charge in [-0.3, -0.25) is 14.2 Å². The highest BCUT2D eigenvalue weighted by Crippen LogP contribution is 2.10. The molecule has 3 heterocycles. The molecule has 0 aliphatic carbocycles. The van der Waals surface area contributed by atoms with Gasteiger partial charge in [-0.25, -0.2) is 14.3 Å². The zero-order chi connectivity index (χ0) is 20.8. The third-order valence-corrected chi connectivity index (χ3v) is 5.69. The van der Waals surface area contributed by atoms with Crippen molar-refractivity contribution in [2.75, 3.05) is 0 Å². The summed E-state index contributed by atoms with van der Waals surface area (Å²) in [5, 5.41) is 4.72. The average Bonchev–Trinajstić information content (AvgIpc) is 3.38. The number of unbranched alkanes of at least 4 members (excludes halogenated alkanes) is 2. The maximum Gasteiger partial charge on any atom is 0.333 e. The van der Waals surface area contributed by atoms with Gasteiger partial charge < -0.3 is 9.88 Å². The normalized spacial score (nSPS) is 11.2. The van der Waals surface area contributed by atoms with E-state index in [4.69, 9.17) is 0 Å². The van der Waals surface area contributed by atoms with E-state index in [1.165, 1.54) is 4.57 Å². The van der Waals surface area contributed by atoms with E-state index in [0.29, 0.717) is 30.8 Å². The number of carbonyl (C=O) groups is 1. The monoisotopic (exact) mass is 417 g/mol. The molecule has 0 aromatic carbocycles. The number of nitrogens with one attached hydrogen (secondary N) is 1. The molecule has 0 spiro atoms. The molecule has 3 aromatic rings. The van der Waals surface area contributed by atoms with Crippen molar-refractivity contribution in [2.24, 2.45) is 0 Å². The number of rotatable bonds is 10. The number of aryl methyl sites for hydroxylation is 2. The molecular weight excluding hydrogens is 390 g/mol. The molecule has 1 N–H and O–H groups in total. The number of hydrogen-bond donors (Lipinski definition) is 1. The molecular formula is C20H27N5O3S. The van der Waals surface area contributed by atoms with Crippen LogP contribution in [0, 0.1) is 0 Å². The van der Waals surface area contributed by atoms with Crippen LogP contribution in [0.15, 0.2) is 33.4 Å². The van der Waals surface area contributed by atoms with Crippen molar-refractivity contribution in [1.82, 2.24) is 24.0 Å². The number of aromatic nitrogens is 4. The third kappa shape index (κ3) is 4.67. The van der Waals surface area contributed by atoms with E-state index in [1.807, 2.05) is 24.4 Å². The molecule has 3 aromatic heterocycles. The predicted octanol–water partition coefficient (Wildman–Crippen LogP) is 2.34. The van der Waals surface area contributed by atoms with Crippen molar-refractivity contribution in [3.8, 4) is 0 Å². The summed E-state index contributed by atoms with van der Waals surface area (Å²) in [6, 6.07) is 3.83. The molecule has 0 unspecified atom stereocenters. The molecule has 8 nitrogen and oxygen atoms in total. The number of thiophene rings is 1. The molecule has 0 aliphatic rings. The second-order valence-electron chi connectivity index (χ2n) is 7.00. The van der Waals surface area contributed by atoms with E-state index in [0.717, 1.165) is 35.1 Å². The highest BCUT2D eigenvalue weighted by Gasteiger charge is 2.19. The number of imidazole rings is 1. The molecule has 1 amide bonds. The fourth-order valence-electron chi connectivity index (χ4n) is 3.19. The number of fused-ring (bicyclic) bond motifs is 1. The van der Waals surface area contributed by atoms with Crippen molar-refractivity contribution < 1.29 is 4.79 Å². The highest BCUT2D eigenvalue weighted by atomic mass is 32.1. The number of nitrogens with zero attached hydrogens (tertiary/aromatic N) is 4. The lowest BCUT2D eigenvalue weighted by molar-refractivity contribution is -0.121. The van der Waals surface area contributed by atoms with Gasteiger partial charge in [-0.05, 0) is 24.3 Å². The Morgan fingerprint density at radius 2 is 1.90 bits per heavy atom. The van der Waals surface area contributed by atoms with E-state index in [-0.39, 0.29) is 12.5 Å². The fraction of sp³-hybridized carbons (Fsp3) is 0.500. The van der Waals surface area contributed by atoms with Crippen LogP contribution in [0.4, 0.5) is 0 Å². The first-order valence-corrected chi connectivity index (χ1v) is 10.9. The van der Waals surface area contributed by atoms with Crippen LogP contribution in [-0.2, 0) is 31.0 Å².